The number of hydrogen-bond donors (Lipinski definition) is 2. The molecule has 1 aromatic rings. The Morgan fingerprint density at radius 2 is 2.11 bits per heavy atom. The van der Waals surface area contributed by atoms with E-state index in [1.807, 2.05) is 0 Å². The van der Waals surface area contributed by atoms with Crippen molar-refractivity contribution < 1.29 is 9.53 Å². The van der Waals surface area contributed by atoms with Gasteiger partial charge in [0.25, 0.3) is 0 Å². The first-order chi connectivity index (χ1) is 9.19. The van der Waals surface area contributed by atoms with Gasteiger partial charge in [-0.25, -0.2) is 4.79 Å². The summed E-state index contributed by atoms with van der Waals surface area (Å²) in [6.07, 6.45) is 6.34. The molecule has 0 aliphatic heterocycles. The van der Waals surface area contributed by atoms with Crippen molar-refractivity contribution in [3.8, 4) is 5.75 Å². The Hall–Kier alpha value is -1.68. The second kappa shape index (κ2) is 6.48. The number of hydrogen-bond acceptors (Lipinski definition) is 2. The number of anilines is 1. The summed E-state index contributed by atoms with van der Waals surface area (Å²) >= 11 is 5.90. The molecular weight excluding hydrogens is 264 g/mol. The van der Waals surface area contributed by atoms with Crippen LogP contribution in [0.3, 0.4) is 0 Å². The molecule has 0 atom stereocenters. The predicted octanol–water partition coefficient (Wildman–Crippen LogP) is 3.93. The number of methoxy groups -OCH3 is 1. The van der Waals surface area contributed by atoms with Gasteiger partial charge >= 0.3 is 6.03 Å². The van der Waals surface area contributed by atoms with Crippen molar-refractivity contribution >= 4 is 23.3 Å². The molecule has 1 aliphatic rings. The highest BCUT2D eigenvalue weighted by Crippen LogP contribution is 2.27. The van der Waals surface area contributed by atoms with Crippen molar-refractivity contribution in [1.29, 1.82) is 0 Å². The molecule has 1 aliphatic carbocycles. The van der Waals surface area contributed by atoms with Crippen LogP contribution in [0.1, 0.15) is 25.7 Å². The number of urea groups is 1. The fourth-order valence-corrected chi connectivity index (χ4v) is 2.25. The molecule has 0 bridgehead atoms. The van der Waals surface area contributed by atoms with Crippen molar-refractivity contribution in [1.82, 2.24) is 5.32 Å². The number of amides is 2. The highest BCUT2D eigenvalue weighted by atomic mass is 35.5. The van der Waals surface area contributed by atoms with Gasteiger partial charge in [0.15, 0.2) is 0 Å². The van der Waals surface area contributed by atoms with Crippen LogP contribution in [0.25, 0.3) is 0 Å². The summed E-state index contributed by atoms with van der Waals surface area (Å²) in [5.74, 6) is 0.577. The fraction of sp³-hybridized carbons (Fsp3) is 0.357. The lowest BCUT2D eigenvalue weighted by Crippen LogP contribution is -2.24. The molecule has 0 saturated heterocycles. The number of nitrogens with one attached hydrogen (secondary N) is 2. The topological polar surface area (TPSA) is 50.4 Å². The van der Waals surface area contributed by atoms with E-state index in [9.17, 15) is 4.79 Å². The first kappa shape index (κ1) is 13.7. The highest BCUT2D eigenvalue weighted by Gasteiger charge is 2.09. The standard InChI is InChI=1S/C14H17ClN2O2/c1-19-13-7-6-11(15)8-12(13)17-14(18)16-9-10-4-2-3-5-10/h6-9H,2-5H2,1H3,(H2,16,17,18). The van der Waals surface area contributed by atoms with Gasteiger partial charge in [-0.05, 0) is 43.9 Å². The minimum Gasteiger partial charge on any atom is -0.495 e. The molecule has 1 fully saturated rings. The molecule has 0 spiro atoms. The van der Waals surface area contributed by atoms with Gasteiger partial charge in [0, 0.05) is 11.2 Å². The average molecular weight is 281 g/mol. The SMILES string of the molecule is COc1ccc(Cl)cc1NC(=O)NC=C1CCCC1. The van der Waals surface area contributed by atoms with E-state index in [0.717, 1.165) is 12.8 Å². The number of ether oxygens (including phenoxy) is 1. The number of halogens is 1. The van der Waals surface area contributed by atoms with E-state index < -0.39 is 0 Å². The third-order valence-corrected chi connectivity index (χ3v) is 3.30. The Morgan fingerprint density at radius 3 is 2.79 bits per heavy atom. The molecule has 1 aromatic carbocycles. The zero-order chi connectivity index (χ0) is 13.7. The van der Waals surface area contributed by atoms with E-state index in [1.165, 1.54) is 18.4 Å². The molecule has 0 aromatic heterocycles. The van der Waals surface area contributed by atoms with Gasteiger partial charge < -0.3 is 15.4 Å². The summed E-state index contributed by atoms with van der Waals surface area (Å²) in [5, 5.41) is 6.00. The lowest BCUT2D eigenvalue weighted by molar-refractivity contribution is 0.255. The molecule has 4 nitrogen and oxygen atoms in total. The van der Waals surface area contributed by atoms with Gasteiger partial charge in [-0.3, -0.25) is 0 Å². The van der Waals surface area contributed by atoms with Crippen LogP contribution in [0.4, 0.5) is 10.5 Å². The van der Waals surface area contributed by atoms with Crippen LogP contribution in [0.15, 0.2) is 30.0 Å². The molecule has 0 unspecified atom stereocenters. The van der Waals surface area contributed by atoms with Crippen LogP contribution in [-0.2, 0) is 0 Å². The maximum Gasteiger partial charge on any atom is 0.323 e. The van der Waals surface area contributed by atoms with Gasteiger partial charge in [-0.2, -0.15) is 0 Å². The van der Waals surface area contributed by atoms with Crippen molar-refractivity contribution in [2.75, 3.05) is 12.4 Å². The van der Waals surface area contributed by atoms with Crippen molar-refractivity contribution in [3.63, 3.8) is 0 Å². The Labute approximate surface area is 117 Å². The lowest BCUT2D eigenvalue weighted by atomic mass is 10.2. The third-order valence-electron chi connectivity index (χ3n) is 3.06. The minimum atomic E-state index is -0.292. The minimum absolute atomic E-state index is 0.292. The zero-order valence-electron chi connectivity index (χ0n) is 10.8. The Morgan fingerprint density at radius 1 is 1.37 bits per heavy atom. The molecule has 102 valence electrons. The molecule has 19 heavy (non-hydrogen) atoms. The van der Waals surface area contributed by atoms with Crippen LogP contribution < -0.4 is 15.4 Å². The Kier molecular flexibility index (Phi) is 4.68. The summed E-state index contributed by atoms with van der Waals surface area (Å²) in [5.41, 5.74) is 1.84. The third kappa shape index (κ3) is 3.89. The predicted molar refractivity (Wildman–Crippen MR) is 76.7 cm³/mol. The monoisotopic (exact) mass is 280 g/mol. The first-order valence-electron chi connectivity index (χ1n) is 6.28. The molecular formula is C14H17ClN2O2. The number of rotatable bonds is 3. The van der Waals surface area contributed by atoms with Crippen LogP contribution in [0, 0.1) is 0 Å². The van der Waals surface area contributed by atoms with Crippen molar-refractivity contribution in [3.05, 3.63) is 35.0 Å². The van der Waals surface area contributed by atoms with Gasteiger partial charge in [-0.15, -0.1) is 0 Å². The average Bonchev–Trinajstić information content (AvgIpc) is 2.90. The van der Waals surface area contributed by atoms with E-state index in [2.05, 4.69) is 10.6 Å². The van der Waals surface area contributed by atoms with Gasteiger partial charge in [0.1, 0.15) is 5.75 Å². The van der Waals surface area contributed by atoms with E-state index in [1.54, 1.807) is 31.5 Å². The smallest absolute Gasteiger partial charge is 0.323 e. The molecule has 0 radical (unpaired) electrons. The molecule has 2 amide bonds. The highest BCUT2D eigenvalue weighted by molar-refractivity contribution is 6.31. The maximum atomic E-state index is 11.8. The van der Waals surface area contributed by atoms with Crippen LogP contribution in [0.5, 0.6) is 5.75 Å². The van der Waals surface area contributed by atoms with E-state index in [0.29, 0.717) is 16.5 Å². The van der Waals surface area contributed by atoms with Gasteiger partial charge in [-0.1, -0.05) is 17.2 Å². The normalized spacial score (nSPS) is 14.1. The van der Waals surface area contributed by atoms with E-state index in [-0.39, 0.29) is 6.03 Å². The summed E-state index contributed by atoms with van der Waals surface area (Å²) in [7, 11) is 1.55. The molecule has 0 heterocycles. The van der Waals surface area contributed by atoms with Gasteiger partial charge in [0.2, 0.25) is 0 Å². The number of allylic oxidation sites excluding steroid dienone is 1. The fourth-order valence-electron chi connectivity index (χ4n) is 2.08. The van der Waals surface area contributed by atoms with Gasteiger partial charge in [0.05, 0.1) is 12.8 Å². The summed E-state index contributed by atoms with van der Waals surface area (Å²) in [4.78, 5) is 11.8. The Bertz CT molecular complexity index is 492. The Balaban J connectivity index is 1.98. The number of carbonyl (C=O) groups is 1. The first-order valence-corrected chi connectivity index (χ1v) is 6.66. The quantitative estimate of drug-likeness (QED) is 0.881. The summed E-state index contributed by atoms with van der Waals surface area (Å²) < 4.78 is 5.16. The molecule has 2 rings (SSSR count). The van der Waals surface area contributed by atoms with Crippen LogP contribution in [-0.4, -0.2) is 13.1 Å². The number of benzene rings is 1. The van der Waals surface area contributed by atoms with Crippen molar-refractivity contribution in [2.24, 2.45) is 0 Å². The zero-order valence-corrected chi connectivity index (χ0v) is 11.6. The number of carbonyl (C=O) groups excluding carboxylic acids is 1. The second-order valence-electron chi connectivity index (χ2n) is 4.45. The second-order valence-corrected chi connectivity index (χ2v) is 4.89. The van der Waals surface area contributed by atoms with Crippen LogP contribution in [0.2, 0.25) is 5.02 Å². The molecule has 5 heteroatoms. The van der Waals surface area contributed by atoms with Crippen LogP contribution >= 0.6 is 11.6 Å². The van der Waals surface area contributed by atoms with E-state index >= 15 is 0 Å². The lowest BCUT2D eigenvalue weighted by Gasteiger charge is -2.10. The largest absolute Gasteiger partial charge is 0.495 e. The molecule has 2 N–H and O–H groups in total. The van der Waals surface area contributed by atoms with E-state index in [4.69, 9.17) is 16.3 Å². The maximum absolute atomic E-state index is 11.8. The van der Waals surface area contributed by atoms with Crippen molar-refractivity contribution in [2.45, 2.75) is 25.7 Å². The summed E-state index contributed by atoms with van der Waals surface area (Å²) in [6, 6.07) is 4.79. The molecule has 1 saturated carbocycles. The summed E-state index contributed by atoms with van der Waals surface area (Å²) in [6.45, 7) is 0.